The van der Waals surface area contributed by atoms with Crippen LogP contribution in [0.15, 0.2) is 0 Å². The van der Waals surface area contributed by atoms with Gasteiger partial charge < -0.3 is 69.6 Å². The zero-order valence-electron chi connectivity index (χ0n) is 46.3. The molecule has 0 aromatic carbocycles. The first-order valence-electron chi connectivity index (χ1n) is 25.8. The Morgan fingerprint density at radius 2 is 0.353 bits per heavy atom. The summed E-state index contributed by atoms with van der Waals surface area (Å²) in [6.45, 7) is 9.28. The maximum absolute atomic E-state index is 7.61. The summed E-state index contributed by atoms with van der Waals surface area (Å²) >= 11 is 0. The van der Waals surface area contributed by atoms with Crippen molar-refractivity contribution in [2.45, 2.75) is 203 Å². The zero-order chi connectivity index (χ0) is 51.1. The Morgan fingerprint density at radius 3 is 0.500 bits per heavy atom. The van der Waals surface area contributed by atoms with Crippen molar-refractivity contribution in [1.82, 2.24) is 0 Å². The second-order valence-corrected chi connectivity index (χ2v) is 45.9. The predicted molar refractivity (Wildman–Crippen MR) is 289 cm³/mol. The molecule has 1 fully saturated rings. The van der Waals surface area contributed by atoms with E-state index in [0.717, 1.165) is 177 Å². The van der Waals surface area contributed by atoms with Gasteiger partial charge in [0.2, 0.25) is 0 Å². The van der Waals surface area contributed by atoms with Crippen molar-refractivity contribution in [3.8, 4) is 0 Å². The van der Waals surface area contributed by atoms with Crippen LogP contribution in [0.3, 0.4) is 0 Å². The summed E-state index contributed by atoms with van der Waals surface area (Å²) in [4.78, 5) is 0. The van der Waals surface area contributed by atoms with E-state index in [-0.39, 0.29) is 0 Å². The third kappa shape index (κ3) is 24.6. The Hall–Kier alpha value is 1.10. The third-order valence-corrected chi connectivity index (χ3v) is 44.1. The molecule has 0 N–H and O–H groups in total. The molecule has 1 aliphatic heterocycles. The molecule has 0 amide bonds. The minimum absolute atomic E-state index is 0.825. The van der Waals surface area contributed by atoms with Gasteiger partial charge in [0.05, 0.1) is 0 Å². The second kappa shape index (κ2) is 35.4. The number of rotatable bonds is 44. The van der Waals surface area contributed by atoms with Crippen LogP contribution in [-0.2, 0) is 69.6 Å². The van der Waals surface area contributed by atoms with Crippen LogP contribution in [0.25, 0.3) is 0 Å². The molecular formula is C44H104O16Si8. The molecule has 68 heavy (non-hydrogen) atoms. The van der Waals surface area contributed by atoms with E-state index in [1.807, 2.05) is 0 Å². The Balaban J connectivity index is 3.26. The highest BCUT2D eigenvalue weighted by atomic mass is 28.5. The fraction of sp³-hybridized carbons (Fsp3) is 1.00. The molecule has 0 atom stereocenters. The van der Waals surface area contributed by atoms with Crippen molar-refractivity contribution in [3.63, 3.8) is 0 Å². The third-order valence-electron chi connectivity index (χ3n) is 13.9. The van der Waals surface area contributed by atoms with E-state index in [1.54, 1.807) is 85.3 Å². The maximum Gasteiger partial charge on any atom is 0.500 e. The Bertz CT molecular complexity index is 1030. The summed E-state index contributed by atoms with van der Waals surface area (Å²) in [5, 5.41) is 0. The van der Waals surface area contributed by atoms with Crippen LogP contribution < -0.4 is 0 Å². The van der Waals surface area contributed by atoms with Gasteiger partial charge in [-0.25, -0.2) is 0 Å². The average molecular weight is 1110 g/mol. The number of hydrogen-bond acceptors (Lipinski definition) is 16. The van der Waals surface area contributed by atoms with Crippen LogP contribution in [0.1, 0.15) is 128 Å². The van der Waals surface area contributed by atoms with Crippen LogP contribution in [0, 0.1) is 0 Å². The van der Waals surface area contributed by atoms with Gasteiger partial charge in [-0.3, -0.25) is 0 Å². The van der Waals surface area contributed by atoms with E-state index in [1.165, 1.54) is 0 Å². The monoisotopic (exact) mass is 1110 g/mol. The molecule has 1 aliphatic rings. The van der Waals surface area contributed by atoms with E-state index >= 15 is 0 Å². The van der Waals surface area contributed by atoms with Crippen LogP contribution in [-0.4, -0.2) is 155 Å². The molecule has 1 saturated heterocycles. The summed E-state index contributed by atoms with van der Waals surface area (Å²) in [5.74, 6) is 0. The molecule has 0 bridgehead atoms. The highest BCUT2D eigenvalue weighted by Crippen LogP contribution is 2.40. The zero-order valence-corrected chi connectivity index (χ0v) is 54.3. The van der Waals surface area contributed by atoms with Gasteiger partial charge in [0.15, 0.2) is 0 Å². The van der Waals surface area contributed by atoms with Crippen LogP contribution in [0.4, 0.5) is 0 Å². The Labute approximate surface area is 425 Å². The van der Waals surface area contributed by atoms with E-state index in [2.05, 4.69) is 26.2 Å². The first kappa shape index (κ1) is 67.1. The smallest absolute Gasteiger partial charge is 0.416 e. The van der Waals surface area contributed by atoms with Crippen molar-refractivity contribution in [1.29, 1.82) is 0 Å². The molecule has 1 heterocycles. The van der Waals surface area contributed by atoms with Crippen LogP contribution in [0.5, 0.6) is 0 Å². The quantitative estimate of drug-likeness (QED) is 0.0420. The van der Waals surface area contributed by atoms with Gasteiger partial charge in [-0.05, 0) is 76.0 Å². The lowest BCUT2D eigenvalue weighted by molar-refractivity contribution is 0.122. The molecule has 0 spiro atoms. The SMILES string of the molecule is CO[Si](CCCCCCC[Si]1(C)O[Si](C)(CCCCCCC[Si](OC)(OC)OC)O[Si](C)(CCCCCCC[Si](OC)(OC)OC)O[Si](C)(CCCCCCC[Si](OC)(OC)OC)O1)(OC)OC. The van der Waals surface area contributed by atoms with Crippen molar-refractivity contribution in [2.24, 2.45) is 0 Å². The van der Waals surface area contributed by atoms with Crippen molar-refractivity contribution in [2.75, 3.05) is 85.3 Å². The van der Waals surface area contributed by atoms with Crippen LogP contribution >= 0.6 is 0 Å². The second-order valence-electron chi connectivity index (χ2n) is 19.2. The first-order valence-corrected chi connectivity index (χ1v) is 43.6. The highest BCUT2D eigenvalue weighted by molar-refractivity contribution is 6.94. The van der Waals surface area contributed by atoms with Gasteiger partial charge in [-0.2, -0.15) is 0 Å². The Kier molecular flexibility index (Phi) is 34.9. The normalized spacial score (nSPS) is 23.3. The van der Waals surface area contributed by atoms with E-state index in [4.69, 9.17) is 69.6 Å². The first-order chi connectivity index (χ1) is 32.4. The van der Waals surface area contributed by atoms with E-state index in [9.17, 15) is 0 Å². The number of unbranched alkanes of at least 4 members (excludes halogenated alkanes) is 16. The molecule has 16 nitrogen and oxygen atoms in total. The molecule has 0 radical (unpaired) electrons. The molecule has 0 saturated carbocycles. The van der Waals surface area contributed by atoms with Gasteiger partial charge in [-0.1, -0.05) is 103 Å². The molecule has 1 rings (SSSR count). The van der Waals surface area contributed by atoms with Crippen molar-refractivity contribution >= 4 is 69.5 Å². The fourth-order valence-corrected chi connectivity index (χ4v) is 40.6. The molecule has 24 heteroatoms. The van der Waals surface area contributed by atoms with Crippen molar-refractivity contribution in [3.05, 3.63) is 0 Å². The summed E-state index contributed by atoms with van der Waals surface area (Å²) < 4.78 is 98.4. The lowest BCUT2D eigenvalue weighted by Crippen LogP contribution is -2.67. The highest BCUT2D eigenvalue weighted by Gasteiger charge is 2.56. The van der Waals surface area contributed by atoms with Gasteiger partial charge in [0.25, 0.3) is 0 Å². The number of hydrogen-bond donors (Lipinski definition) is 0. The molecule has 408 valence electrons. The van der Waals surface area contributed by atoms with Gasteiger partial charge in [0.1, 0.15) is 0 Å². The summed E-state index contributed by atoms with van der Waals surface area (Å²) in [7, 11) is -0.904. The minimum atomic E-state index is -2.74. The van der Waals surface area contributed by atoms with Gasteiger partial charge in [-0.15, -0.1) is 0 Å². The topological polar surface area (TPSA) is 148 Å². The lowest BCUT2D eigenvalue weighted by atomic mass is 10.2. The summed E-state index contributed by atoms with van der Waals surface area (Å²) in [6, 6.07) is 7.04. The van der Waals surface area contributed by atoms with Gasteiger partial charge >= 0.3 is 69.5 Å². The minimum Gasteiger partial charge on any atom is -0.416 e. The van der Waals surface area contributed by atoms with Crippen LogP contribution in [0.2, 0.25) is 74.5 Å². The van der Waals surface area contributed by atoms with E-state index < -0.39 is 69.5 Å². The molecule has 0 aliphatic carbocycles. The maximum atomic E-state index is 7.61. The largest absolute Gasteiger partial charge is 0.500 e. The predicted octanol–water partition coefficient (Wildman–Crippen LogP) is 11.7. The van der Waals surface area contributed by atoms with E-state index in [0.29, 0.717) is 0 Å². The average Bonchev–Trinajstić information content (AvgIpc) is 3.33. The fourth-order valence-electron chi connectivity index (χ4n) is 9.81. The summed E-state index contributed by atoms with van der Waals surface area (Å²) in [6.07, 6.45) is 21.7. The molecular weight excluding hydrogens is 1010 g/mol. The Morgan fingerprint density at radius 1 is 0.221 bits per heavy atom. The summed E-state index contributed by atoms with van der Waals surface area (Å²) in [5.41, 5.74) is 0. The molecule has 0 aromatic rings. The van der Waals surface area contributed by atoms with Gasteiger partial charge in [0, 0.05) is 109 Å². The standard InChI is InChI=1S/C44H104O16Si8/c1-45-65(46-2,47-3)41-33-25-17-21-29-37-61(13)57-62(14,38-30-22-18-26-34-42-66(48-4,49-5)50-6)59-64(16,40-32-24-20-28-36-44-68(54-10,55-11)56-12)60-63(15,58-61)39-31-23-19-27-35-43-67(51-7,52-8)53-9/h17-44H2,1-16H3. The molecule has 0 unspecified atom stereocenters. The lowest BCUT2D eigenvalue weighted by Gasteiger charge is -2.50. The van der Waals surface area contributed by atoms with Crippen molar-refractivity contribution < 1.29 is 69.6 Å². The molecule has 0 aromatic heterocycles.